The molecule has 2 aromatic carbocycles. The molecular weight excluding hydrogens is 773 g/mol. The molecule has 7 rings (SSSR count). The number of thiazole rings is 1. The van der Waals surface area contributed by atoms with Crippen molar-refractivity contribution < 1.29 is 28.7 Å². The highest BCUT2D eigenvalue weighted by Gasteiger charge is 2.44. The molecule has 0 saturated carbocycles. The Balaban J connectivity index is 0.911. The molecule has 1 saturated heterocycles. The second-order valence-electron chi connectivity index (χ2n) is 15.5. The Bertz CT molecular complexity index is 2420. The van der Waals surface area contributed by atoms with Gasteiger partial charge in [-0.05, 0) is 53.3 Å². The molecule has 4 aromatic heterocycles. The monoisotopic (exact) mass is 818 g/mol. The van der Waals surface area contributed by atoms with E-state index in [1.165, 1.54) is 4.90 Å². The zero-order valence-corrected chi connectivity index (χ0v) is 34.0. The van der Waals surface area contributed by atoms with E-state index in [0.29, 0.717) is 23.7 Å². The SMILES string of the molecule is Cc1ncsc1-c1ccc(CNC(=O)C2CC(O)CN2C(=O)C(NC(=O)CCNC(=O)c2ccc(-c3cnc(NCc4ccco4)n4cnnc34)cc2)C(C)(C)C)cc1. The number of carbonyl (C=O) groups is 4. The van der Waals surface area contributed by atoms with Crippen LogP contribution in [0.25, 0.3) is 27.2 Å². The number of furan rings is 1. The number of carbonyl (C=O) groups excluding carboxylic acids is 4. The molecule has 0 radical (unpaired) electrons. The number of nitrogens with one attached hydrogen (secondary N) is 4. The zero-order valence-electron chi connectivity index (χ0n) is 33.1. The minimum absolute atomic E-state index is 0.0203. The number of hydrogen-bond acceptors (Lipinski definition) is 12. The standard InChI is InChI=1S/C42H46N10O6S/c1-25-35(59-24-47-25)28-9-7-26(8-10-28)19-44-39(56)33-18-30(53)22-51(33)40(57)36(42(2,3)4)49-34(54)15-16-43-38(55)29-13-11-27(12-14-29)32-21-46-41(52-23-48-50-37(32)52)45-20-31-6-5-17-58-31/h5-14,17,21,23-24,30,33,36,53H,15-16,18-20,22H2,1-4H3,(H,43,55)(H,44,56)(H,45,46)(H,49,54). The number of nitrogens with zero attached hydrogens (tertiary/aromatic N) is 6. The predicted octanol–water partition coefficient (Wildman–Crippen LogP) is 4.36. The molecule has 1 aliphatic heterocycles. The first-order chi connectivity index (χ1) is 28.4. The van der Waals surface area contributed by atoms with E-state index in [4.69, 9.17) is 4.42 Å². The first-order valence-electron chi connectivity index (χ1n) is 19.2. The van der Waals surface area contributed by atoms with Crippen molar-refractivity contribution in [2.75, 3.05) is 18.4 Å². The number of hydrogen-bond donors (Lipinski definition) is 5. The van der Waals surface area contributed by atoms with Crippen LogP contribution in [0.15, 0.2) is 89.4 Å². The fourth-order valence-corrected chi connectivity index (χ4v) is 7.75. The second-order valence-corrected chi connectivity index (χ2v) is 16.3. The number of aliphatic hydroxyl groups is 1. The lowest BCUT2D eigenvalue weighted by atomic mass is 9.85. The van der Waals surface area contributed by atoms with Crippen LogP contribution in [0.3, 0.4) is 0 Å². The van der Waals surface area contributed by atoms with Gasteiger partial charge in [0.2, 0.25) is 23.7 Å². The molecule has 5 heterocycles. The maximum atomic E-state index is 14.0. The molecule has 0 aliphatic carbocycles. The first kappa shape index (κ1) is 40.7. The lowest BCUT2D eigenvalue weighted by Crippen LogP contribution is -2.57. The number of aryl methyl sites for hydroxylation is 1. The average Bonchev–Trinajstić information content (AvgIpc) is 4.06. The Labute approximate surface area is 344 Å². The van der Waals surface area contributed by atoms with Gasteiger partial charge in [-0.2, -0.15) is 0 Å². The van der Waals surface area contributed by atoms with Gasteiger partial charge in [0, 0.05) is 49.8 Å². The van der Waals surface area contributed by atoms with Crippen LogP contribution >= 0.6 is 11.3 Å². The zero-order chi connectivity index (χ0) is 41.7. The molecule has 3 unspecified atom stereocenters. The van der Waals surface area contributed by atoms with Gasteiger partial charge < -0.3 is 35.7 Å². The summed E-state index contributed by atoms with van der Waals surface area (Å²) in [7, 11) is 0. The molecule has 17 heteroatoms. The van der Waals surface area contributed by atoms with Gasteiger partial charge in [0.05, 0.1) is 35.0 Å². The summed E-state index contributed by atoms with van der Waals surface area (Å²) in [5.41, 5.74) is 6.43. The third kappa shape index (κ3) is 9.48. The van der Waals surface area contributed by atoms with Gasteiger partial charge in [-0.15, -0.1) is 21.5 Å². The van der Waals surface area contributed by atoms with Gasteiger partial charge in [-0.3, -0.25) is 23.6 Å². The fraction of sp³-hybridized carbons (Fsp3) is 0.333. The molecule has 306 valence electrons. The van der Waals surface area contributed by atoms with Gasteiger partial charge in [-0.1, -0.05) is 57.2 Å². The van der Waals surface area contributed by atoms with Crippen LogP contribution in [0.2, 0.25) is 0 Å². The van der Waals surface area contributed by atoms with Gasteiger partial charge >= 0.3 is 0 Å². The van der Waals surface area contributed by atoms with E-state index in [0.717, 1.165) is 38.6 Å². The number of rotatable bonds is 14. The Morgan fingerprint density at radius 1 is 0.983 bits per heavy atom. The number of likely N-dealkylation sites (tertiary alicyclic amines) is 1. The summed E-state index contributed by atoms with van der Waals surface area (Å²) in [5, 5.41) is 30.6. The predicted molar refractivity (Wildman–Crippen MR) is 221 cm³/mol. The lowest BCUT2D eigenvalue weighted by Gasteiger charge is -2.35. The van der Waals surface area contributed by atoms with Gasteiger partial charge in [-0.25, -0.2) is 9.97 Å². The van der Waals surface area contributed by atoms with E-state index >= 15 is 0 Å². The van der Waals surface area contributed by atoms with Crippen LogP contribution in [0.5, 0.6) is 0 Å². The third-order valence-corrected chi connectivity index (χ3v) is 11.1. The molecule has 1 fully saturated rings. The molecule has 0 spiro atoms. The Hall–Kier alpha value is -6.46. The minimum atomic E-state index is -0.992. The van der Waals surface area contributed by atoms with Gasteiger partial charge in [0.25, 0.3) is 5.91 Å². The van der Waals surface area contributed by atoms with Crippen molar-refractivity contribution in [3.05, 3.63) is 108 Å². The smallest absolute Gasteiger partial charge is 0.251 e. The first-order valence-corrected chi connectivity index (χ1v) is 20.1. The molecule has 5 N–H and O–H groups in total. The summed E-state index contributed by atoms with van der Waals surface area (Å²) < 4.78 is 7.12. The van der Waals surface area contributed by atoms with E-state index < -0.39 is 35.4 Å². The number of aliphatic hydroxyl groups excluding tert-OH is 1. The molecule has 3 atom stereocenters. The molecule has 0 bridgehead atoms. The quantitative estimate of drug-likeness (QED) is 0.104. The van der Waals surface area contributed by atoms with Crippen LogP contribution in [0.4, 0.5) is 5.95 Å². The highest BCUT2D eigenvalue weighted by molar-refractivity contribution is 7.13. The highest BCUT2D eigenvalue weighted by Crippen LogP contribution is 2.29. The van der Waals surface area contributed by atoms with Crippen molar-refractivity contribution in [2.24, 2.45) is 5.41 Å². The summed E-state index contributed by atoms with van der Waals surface area (Å²) in [6.45, 7) is 8.08. The van der Waals surface area contributed by atoms with Crippen LogP contribution in [-0.4, -0.2) is 89.5 Å². The minimum Gasteiger partial charge on any atom is -0.467 e. The Kier molecular flexibility index (Phi) is 12.1. The van der Waals surface area contributed by atoms with Crippen LogP contribution < -0.4 is 21.3 Å². The topological polar surface area (TPSA) is 209 Å². The van der Waals surface area contributed by atoms with Gasteiger partial charge in [0.1, 0.15) is 24.2 Å². The van der Waals surface area contributed by atoms with Crippen LogP contribution in [-0.2, 0) is 27.5 Å². The van der Waals surface area contributed by atoms with Crippen molar-refractivity contribution in [1.82, 2.24) is 45.4 Å². The molecule has 6 aromatic rings. The highest BCUT2D eigenvalue weighted by atomic mass is 32.1. The number of β-amino-alcohol motifs (C(OH)–C–C–N with tert-alkyl or cyclic N) is 1. The number of fused-ring (bicyclic) bond motifs is 1. The van der Waals surface area contributed by atoms with Crippen LogP contribution in [0.1, 0.15) is 61.0 Å². The number of amides is 4. The van der Waals surface area contributed by atoms with Crippen molar-refractivity contribution >= 4 is 46.6 Å². The van der Waals surface area contributed by atoms with Crippen molar-refractivity contribution in [3.8, 4) is 21.6 Å². The molecular formula is C42H46N10O6S. The van der Waals surface area contributed by atoms with Crippen molar-refractivity contribution in [1.29, 1.82) is 0 Å². The van der Waals surface area contributed by atoms with E-state index in [9.17, 15) is 24.3 Å². The fourth-order valence-electron chi connectivity index (χ4n) is 6.94. The van der Waals surface area contributed by atoms with E-state index in [-0.39, 0.29) is 44.3 Å². The summed E-state index contributed by atoms with van der Waals surface area (Å²) in [4.78, 5) is 65.0. The molecule has 16 nitrogen and oxygen atoms in total. The van der Waals surface area contributed by atoms with Crippen molar-refractivity contribution in [2.45, 2.75) is 71.8 Å². The van der Waals surface area contributed by atoms with Crippen molar-refractivity contribution in [3.63, 3.8) is 0 Å². The summed E-state index contributed by atoms with van der Waals surface area (Å²) in [5.74, 6) is -0.372. The van der Waals surface area contributed by atoms with E-state index in [1.807, 2.05) is 64.1 Å². The number of benzene rings is 2. The average molecular weight is 819 g/mol. The number of anilines is 1. The largest absolute Gasteiger partial charge is 0.467 e. The van der Waals surface area contributed by atoms with Crippen LogP contribution in [0, 0.1) is 12.3 Å². The number of aromatic nitrogens is 5. The Morgan fingerprint density at radius 2 is 1.75 bits per heavy atom. The summed E-state index contributed by atoms with van der Waals surface area (Å²) in [6.07, 6.45) is 3.96. The Morgan fingerprint density at radius 3 is 2.44 bits per heavy atom. The maximum Gasteiger partial charge on any atom is 0.251 e. The second kappa shape index (κ2) is 17.6. The lowest BCUT2D eigenvalue weighted by molar-refractivity contribution is -0.144. The van der Waals surface area contributed by atoms with E-state index in [1.54, 1.807) is 64.3 Å². The summed E-state index contributed by atoms with van der Waals surface area (Å²) in [6, 6.07) is 16.5. The summed E-state index contributed by atoms with van der Waals surface area (Å²) >= 11 is 1.57. The molecule has 1 aliphatic rings. The maximum absolute atomic E-state index is 14.0. The molecule has 4 amide bonds. The molecule has 59 heavy (non-hydrogen) atoms. The third-order valence-electron chi connectivity index (χ3n) is 10.1. The van der Waals surface area contributed by atoms with Gasteiger partial charge in [0.15, 0.2) is 5.65 Å². The normalized spacial score (nSPS) is 15.8. The van der Waals surface area contributed by atoms with E-state index in [2.05, 4.69) is 41.4 Å².